The molecule has 0 saturated carbocycles. The lowest BCUT2D eigenvalue weighted by atomic mass is 10.2. The summed E-state index contributed by atoms with van der Waals surface area (Å²) in [6.45, 7) is 6.97. The zero-order valence-electron chi connectivity index (χ0n) is 15.4. The first-order chi connectivity index (χ1) is 12.3. The van der Waals surface area contributed by atoms with E-state index in [1.807, 2.05) is 18.2 Å². The van der Waals surface area contributed by atoms with Gasteiger partial charge >= 0.3 is 12.1 Å². The molecule has 0 radical (unpaired) electrons. The fourth-order valence-electron chi connectivity index (χ4n) is 2.01. The van der Waals surface area contributed by atoms with E-state index in [1.165, 1.54) is 0 Å². The van der Waals surface area contributed by atoms with Gasteiger partial charge in [-0.3, -0.25) is 10.1 Å². The van der Waals surface area contributed by atoms with Gasteiger partial charge in [0.05, 0.1) is 5.69 Å². The summed E-state index contributed by atoms with van der Waals surface area (Å²) in [5, 5.41) is 2.60. The van der Waals surface area contributed by atoms with Crippen LogP contribution in [0.2, 0.25) is 0 Å². The Morgan fingerprint density at radius 2 is 1.69 bits per heavy atom. The molecule has 2 aromatic carbocycles. The van der Waals surface area contributed by atoms with Crippen molar-refractivity contribution >= 4 is 17.7 Å². The highest BCUT2D eigenvalue weighted by Crippen LogP contribution is 2.38. The Kier molecular flexibility index (Phi) is 6.22. The van der Waals surface area contributed by atoms with Crippen molar-refractivity contribution in [2.75, 3.05) is 5.32 Å². The van der Waals surface area contributed by atoms with Crippen molar-refractivity contribution in [3.63, 3.8) is 0 Å². The summed E-state index contributed by atoms with van der Waals surface area (Å²) in [5.74, 6) is 0.581. The SMILES string of the molecule is CCC(=O)Oc1c(NC(=O)OC(C)(C)C)cccc1Oc1ccccc1. The Morgan fingerprint density at radius 1 is 1.00 bits per heavy atom. The van der Waals surface area contributed by atoms with Crippen molar-refractivity contribution < 1.29 is 23.8 Å². The highest BCUT2D eigenvalue weighted by molar-refractivity contribution is 5.89. The van der Waals surface area contributed by atoms with Crippen molar-refractivity contribution in [1.29, 1.82) is 0 Å². The third kappa shape index (κ3) is 5.81. The van der Waals surface area contributed by atoms with Crippen molar-refractivity contribution in [2.45, 2.75) is 39.7 Å². The van der Waals surface area contributed by atoms with Gasteiger partial charge in [-0.25, -0.2) is 4.79 Å². The van der Waals surface area contributed by atoms with Gasteiger partial charge in [-0.2, -0.15) is 0 Å². The first-order valence-electron chi connectivity index (χ1n) is 8.35. The van der Waals surface area contributed by atoms with E-state index < -0.39 is 17.7 Å². The maximum atomic E-state index is 12.1. The first-order valence-corrected chi connectivity index (χ1v) is 8.35. The van der Waals surface area contributed by atoms with E-state index in [9.17, 15) is 9.59 Å². The summed E-state index contributed by atoms with van der Waals surface area (Å²) in [7, 11) is 0. The molecule has 0 unspecified atom stereocenters. The van der Waals surface area contributed by atoms with E-state index >= 15 is 0 Å². The molecule has 2 rings (SSSR count). The number of anilines is 1. The molecule has 2 aromatic rings. The third-order valence-electron chi connectivity index (χ3n) is 3.09. The summed E-state index contributed by atoms with van der Waals surface area (Å²) in [6.07, 6.45) is -0.464. The number of rotatable bonds is 5. The maximum Gasteiger partial charge on any atom is 0.412 e. The predicted octanol–water partition coefficient (Wildman–Crippen LogP) is 5.14. The van der Waals surface area contributed by atoms with Crippen LogP contribution >= 0.6 is 0 Å². The molecule has 6 heteroatoms. The number of nitrogens with one attached hydrogen (secondary N) is 1. The van der Waals surface area contributed by atoms with Crippen LogP contribution in [0.4, 0.5) is 10.5 Å². The maximum absolute atomic E-state index is 12.1. The Morgan fingerprint density at radius 3 is 2.31 bits per heavy atom. The van der Waals surface area contributed by atoms with Crippen molar-refractivity contribution in [2.24, 2.45) is 0 Å². The van der Waals surface area contributed by atoms with Crippen LogP contribution in [0.25, 0.3) is 0 Å². The molecular weight excluding hydrogens is 334 g/mol. The van der Waals surface area contributed by atoms with E-state index in [4.69, 9.17) is 14.2 Å². The number of carbonyl (C=O) groups excluding carboxylic acids is 2. The highest BCUT2D eigenvalue weighted by atomic mass is 16.6. The molecule has 0 aliphatic rings. The van der Waals surface area contributed by atoms with E-state index in [0.717, 1.165) is 0 Å². The minimum atomic E-state index is -0.650. The summed E-state index contributed by atoms with van der Waals surface area (Å²) < 4.78 is 16.5. The number of hydrogen-bond acceptors (Lipinski definition) is 5. The smallest absolute Gasteiger partial charge is 0.412 e. The summed E-state index contributed by atoms with van der Waals surface area (Å²) in [5.41, 5.74) is -0.364. The van der Waals surface area contributed by atoms with Gasteiger partial charge in [-0.1, -0.05) is 31.2 Å². The lowest BCUT2D eigenvalue weighted by Gasteiger charge is -2.21. The van der Waals surface area contributed by atoms with Gasteiger partial charge in [-0.15, -0.1) is 0 Å². The van der Waals surface area contributed by atoms with Gasteiger partial charge in [-0.05, 0) is 45.0 Å². The topological polar surface area (TPSA) is 73.9 Å². The molecule has 0 aliphatic heterocycles. The van der Waals surface area contributed by atoms with Gasteiger partial charge in [0.1, 0.15) is 11.4 Å². The minimum absolute atomic E-state index is 0.133. The molecule has 138 valence electrons. The first kappa shape index (κ1) is 19.3. The molecule has 6 nitrogen and oxygen atoms in total. The standard InChI is InChI=1S/C20H23NO5/c1-5-17(22)25-18-15(21-19(23)26-20(2,3)4)12-9-13-16(18)24-14-10-7-6-8-11-14/h6-13H,5H2,1-4H3,(H,21,23). The highest BCUT2D eigenvalue weighted by Gasteiger charge is 2.20. The van der Waals surface area contributed by atoms with Crippen LogP contribution in [-0.2, 0) is 9.53 Å². The van der Waals surface area contributed by atoms with Crippen LogP contribution in [0.5, 0.6) is 17.2 Å². The second-order valence-corrected chi connectivity index (χ2v) is 6.50. The van der Waals surface area contributed by atoms with Crippen LogP contribution in [0.15, 0.2) is 48.5 Å². The summed E-state index contributed by atoms with van der Waals surface area (Å²) in [6, 6.07) is 14.0. The number of esters is 1. The molecule has 0 atom stereocenters. The van der Waals surface area contributed by atoms with Gasteiger partial charge < -0.3 is 14.2 Å². The average molecular weight is 357 g/mol. The predicted molar refractivity (Wildman–Crippen MR) is 98.7 cm³/mol. The molecule has 1 amide bonds. The molecule has 1 N–H and O–H groups in total. The van der Waals surface area contributed by atoms with Gasteiger partial charge in [0.25, 0.3) is 0 Å². The summed E-state index contributed by atoms with van der Waals surface area (Å²) >= 11 is 0. The molecule has 0 spiro atoms. The minimum Gasteiger partial charge on any atom is -0.453 e. The molecule has 0 fully saturated rings. The number of benzene rings is 2. The second kappa shape index (κ2) is 8.38. The van der Waals surface area contributed by atoms with Crippen LogP contribution < -0.4 is 14.8 Å². The third-order valence-corrected chi connectivity index (χ3v) is 3.09. The van der Waals surface area contributed by atoms with Crippen LogP contribution in [0, 0.1) is 0 Å². The lowest BCUT2D eigenvalue weighted by molar-refractivity contribution is -0.134. The number of amides is 1. The van der Waals surface area contributed by atoms with Gasteiger partial charge in [0.2, 0.25) is 0 Å². The normalized spacial score (nSPS) is 10.8. The molecule has 0 bridgehead atoms. The number of para-hydroxylation sites is 2. The van der Waals surface area contributed by atoms with Crippen LogP contribution in [-0.4, -0.2) is 17.7 Å². The van der Waals surface area contributed by atoms with Gasteiger partial charge in [0, 0.05) is 6.42 Å². The fraction of sp³-hybridized carbons (Fsp3) is 0.300. The molecule has 0 aromatic heterocycles. The van der Waals surface area contributed by atoms with E-state index in [2.05, 4.69) is 5.32 Å². The van der Waals surface area contributed by atoms with Crippen LogP contribution in [0.1, 0.15) is 34.1 Å². The molecule has 26 heavy (non-hydrogen) atoms. The van der Waals surface area contributed by atoms with E-state index in [0.29, 0.717) is 11.5 Å². The zero-order valence-corrected chi connectivity index (χ0v) is 15.4. The largest absolute Gasteiger partial charge is 0.453 e. The lowest BCUT2D eigenvalue weighted by Crippen LogP contribution is -2.27. The van der Waals surface area contributed by atoms with Crippen LogP contribution in [0.3, 0.4) is 0 Å². The Labute approximate surface area is 153 Å². The Hall–Kier alpha value is -3.02. The van der Waals surface area contributed by atoms with Crippen molar-refractivity contribution in [1.82, 2.24) is 0 Å². The number of hydrogen-bond donors (Lipinski definition) is 1. The fourth-order valence-corrected chi connectivity index (χ4v) is 2.01. The summed E-state index contributed by atoms with van der Waals surface area (Å²) in [4.78, 5) is 23.9. The molecular formula is C20H23NO5. The zero-order chi connectivity index (χ0) is 19.2. The van der Waals surface area contributed by atoms with Gasteiger partial charge in [0.15, 0.2) is 11.5 Å². The van der Waals surface area contributed by atoms with Crippen molar-refractivity contribution in [3.8, 4) is 17.2 Å². The molecule has 0 aliphatic carbocycles. The Bertz CT molecular complexity index is 766. The van der Waals surface area contributed by atoms with E-state index in [1.54, 1.807) is 58.0 Å². The number of ether oxygens (including phenoxy) is 3. The molecule has 0 saturated heterocycles. The monoisotopic (exact) mass is 357 g/mol. The second-order valence-electron chi connectivity index (χ2n) is 6.50. The van der Waals surface area contributed by atoms with Crippen molar-refractivity contribution in [3.05, 3.63) is 48.5 Å². The molecule has 0 heterocycles. The van der Waals surface area contributed by atoms with E-state index in [-0.39, 0.29) is 17.9 Å². The number of carbonyl (C=O) groups is 2. The average Bonchev–Trinajstić information content (AvgIpc) is 2.56. The quantitative estimate of drug-likeness (QED) is 0.592. The Balaban J connectivity index is 2.32.